The molecule has 1 atom stereocenters. The third-order valence-corrected chi connectivity index (χ3v) is 5.68. The topological polar surface area (TPSA) is 91.2 Å². The molecule has 30 heavy (non-hydrogen) atoms. The molecule has 0 aliphatic carbocycles. The van der Waals surface area contributed by atoms with Gasteiger partial charge >= 0.3 is 12.1 Å². The van der Waals surface area contributed by atoms with Crippen molar-refractivity contribution < 1.29 is 39.5 Å². The van der Waals surface area contributed by atoms with Crippen LogP contribution in [-0.4, -0.2) is 54.1 Å². The van der Waals surface area contributed by atoms with Crippen molar-refractivity contribution in [1.29, 1.82) is 0 Å². The van der Waals surface area contributed by atoms with Gasteiger partial charge in [-0.2, -0.15) is 13.2 Å². The van der Waals surface area contributed by atoms with Crippen molar-refractivity contribution in [3.8, 4) is 17.3 Å². The maximum atomic E-state index is 13.6. The molecular formula is C16H15F6N3O4S. The molecule has 0 bridgehead atoms. The van der Waals surface area contributed by atoms with E-state index in [0.29, 0.717) is 12.4 Å². The maximum absolute atomic E-state index is 13.6. The van der Waals surface area contributed by atoms with Crippen LogP contribution in [0.2, 0.25) is 0 Å². The molecule has 7 nitrogen and oxygen atoms in total. The Morgan fingerprint density at radius 1 is 1.20 bits per heavy atom. The molecule has 0 fully saturated rings. The van der Waals surface area contributed by atoms with Crippen LogP contribution in [0.3, 0.4) is 0 Å². The highest BCUT2D eigenvalue weighted by molar-refractivity contribution is 7.91. The van der Waals surface area contributed by atoms with Gasteiger partial charge in [0.1, 0.15) is 5.69 Å². The van der Waals surface area contributed by atoms with Gasteiger partial charge in [0.15, 0.2) is 9.84 Å². The Morgan fingerprint density at radius 3 is 2.33 bits per heavy atom. The summed E-state index contributed by atoms with van der Waals surface area (Å²) in [7, 11) is -2.61. The van der Waals surface area contributed by atoms with Crippen molar-refractivity contribution in [3.05, 3.63) is 34.9 Å². The van der Waals surface area contributed by atoms with Crippen molar-refractivity contribution in [2.24, 2.45) is 0 Å². The molecule has 2 heterocycles. The van der Waals surface area contributed by atoms with Gasteiger partial charge in [0, 0.05) is 12.1 Å². The van der Waals surface area contributed by atoms with Crippen molar-refractivity contribution in [3.63, 3.8) is 0 Å². The quantitative estimate of drug-likeness (QED) is 0.592. The number of methoxy groups -OCH3 is 1. The number of aromatic nitrogens is 3. The monoisotopic (exact) mass is 459 g/mol. The summed E-state index contributed by atoms with van der Waals surface area (Å²) in [5.41, 5.74) is -1.93. The van der Waals surface area contributed by atoms with E-state index in [1.54, 1.807) is 0 Å². The van der Waals surface area contributed by atoms with Gasteiger partial charge in [-0.3, -0.25) is 9.36 Å². The maximum Gasteiger partial charge on any atom is 0.425 e. The highest BCUT2D eigenvalue weighted by atomic mass is 32.2. The summed E-state index contributed by atoms with van der Waals surface area (Å²) in [6, 6.07) is 3.00. The fourth-order valence-electron chi connectivity index (χ4n) is 2.35. The zero-order valence-electron chi connectivity index (χ0n) is 15.5. The lowest BCUT2D eigenvalue weighted by Crippen LogP contribution is -2.46. The predicted molar refractivity (Wildman–Crippen MR) is 91.9 cm³/mol. The summed E-state index contributed by atoms with van der Waals surface area (Å²) < 4.78 is 106. The highest BCUT2D eigenvalue weighted by Crippen LogP contribution is 2.35. The minimum absolute atomic E-state index is 0.0389. The van der Waals surface area contributed by atoms with Crippen LogP contribution < -0.4 is 10.3 Å². The molecule has 2 aromatic heterocycles. The second-order valence-corrected chi connectivity index (χ2v) is 8.26. The SMILES string of the molecule is CCS(=O)(=O)c1ccc(OC)nc1-c1cc(=O)n(CC(F)(F)C(F)C(F)(F)F)cn1. The number of pyridine rings is 1. The molecular weight excluding hydrogens is 444 g/mol. The summed E-state index contributed by atoms with van der Waals surface area (Å²) in [5, 5.41) is 0. The Morgan fingerprint density at radius 2 is 1.83 bits per heavy atom. The molecule has 14 heteroatoms. The smallest absolute Gasteiger partial charge is 0.425 e. The lowest BCUT2D eigenvalue weighted by atomic mass is 10.2. The van der Waals surface area contributed by atoms with E-state index in [9.17, 15) is 39.6 Å². The molecule has 0 aromatic carbocycles. The molecule has 0 N–H and O–H groups in total. The van der Waals surface area contributed by atoms with Crippen molar-refractivity contribution in [1.82, 2.24) is 14.5 Å². The van der Waals surface area contributed by atoms with Gasteiger partial charge in [0.05, 0.1) is 36.3 Å². The Kier molecular flexibility index (Phi) is 6.49. The minimum atomic E-state index is -5.82. The number of alkyl halides is 6. The van der Waals surface area contributed by atoms with Crippen LogP contribution in [0.25, 0.3) is 11.4 Å². The lowest BCUT2D eigenvalue weighted by Gasteiger charge is -2.23. The van der Waals surface area contributed by atoms with Gasteiger partial charge < -0.3 is 4.74 Å². The van der Waals surface area contributed by atoms with Gasteiger partial charge in [-0.1, -0.05) is 6.92 Å². The number of rotatable bonds is 7. The van der Waals surface area contributed by atoms with E-state index in [4.69, 9.17) is 4.74 Å². The third-order valence-electron chi connectivity index (χ3n) is 3.92. The number of nitrogens with zero attached hydrogens (tertiary/aromatic N) is 3. The van der Waals surface area contributed by atoms with Crippen LogP contribution in [0, 0.1) is 0 Å². The van der Waals surface area contributed by atoms with Crippen molar-refractivity contribution >= 4 is 9.84 Å². The average Bonchev–Trinajstić information content (AvgIpc) is 2.67. The van der Waals surface area contributed by atoms with Gasteiger partial charge in [-0.25, -0.2) is 31.6 Å². The number of ether oxygens (including phenoxy) is 1. The molecule has 0 spiro atoms. The van der Waals surface area contributed by atoms with Gasteiger partial charge in [-0.05, 0) is 6.07 Å². The standard InChI is InChI=1S/C16H15F6N3O4S/c1-3-30(27,28)10-4-5-11(29-2)24-13(10)9-6-12(26)25(8-23-9)7-15(18,19)14(17)16(20,21)22/h4-6,8,14H,3,7H2,1-2H3. The molecule has 0 radical (unpaired) electrons. The zero-order chi connectivity index (χ0) is 22.9. The second-order valence-electron chi connectivity index (χ2n) is 6.01. The van der Waals surface area contributed by atoms with Crippen LogP contribution >= 0.6 is 0 Å². The van der Waals surface area contributed by atoms with Crippen LogP contribution in [-0.2, 0) is 16.4 Å². The van der Waals surface area contributed by atoms with Gasteiger partial charge in [-0.15, -0.1) is 0 Å². The second kappa shape index (κ2) is 8.24. The van der Waals surface area contributed by atoms with Crippen molar-refractivity contribution in [2.75, 3.05) is 12.9 Å². The lowest BCUT2D eigenvalue weighted by molar-refractivity contribution is -0.247. The van der Waals surface area contributed by atoms with E-state index in [-0.39, 0.29) is 32.5 Å². The molecule has 2 aromatic rings. The molecule has 0 aliphatic heterocycles. The largest absolute Gasteiger partial charge is 0.481 e. The van der Waals surface area contributed by atoms with E-state index in [2.05, 4.69) is 9.97 Å². The van der Waals surface area contributed by atoms with Crippen LogP contribution in [0.5, 0.6) is 5.88 Å². The predicted octanol–water partition coefficient (Wildman–Crippen LogP) is 2.64. The molecule has 166 valence electrons. The minimum Gasteiger partial charge on any atom is -0.481 e. The zero-order valence-corrected chi connectivity index (χ0v) is 16.3. The number of halogens is 6. The molecule has 0 saturated heterocycles. The first-order valence-electron chi connectivity index (χ1n) is 8.16. The number of hydrogen-bond acceptors (Lipinski definition) is 6. The number of hydrogen-bond donors (Lipinski definition) is 0. The average molecular weight is 459 g/mol. The third kappa shape index (κ3) is 4.91. The van der Waals surface area contributed by atoms with E-state index in [1.165, 1.54) is 20.1 Å². The van der Waals surface area contributed by atoms with Crippen LogP contribution in [0.4, 0.5) is 26.3 Å². The van der Waals surface area contributed by atoms with Crippen LogP contribution in [0.1, 0.15) is 6.92 Å². The Hall–Kier alpha value is -2.64. The molecule has 2 rings (SSSR count). The first-order chi connectivity index (χ1) is 13.7. The molecule has 1 unspecified atom stereocenters. The number of sulfone groups is 1. The summed E-state index contributed by atoms with van der Waals surface area (Å²) >= 11 is 0. The van der Waals surface area contributed by atoms with Gasteiger partial charge in [0.25, 0.3) is 11.7 Å². The van der Waals surface area contributed by atoms with E-state index < -0.39 is 40.2 Å². The fourth-order valence-corrected chi connectivity index (χ4v) is 3.38. The fraction of sp³-hybridized carbons (Fsp3) is 0.438. The van der Waals surface area contributed by atoms with Crippen molar-refractivity contribution in [2.45, 2.75) is 36.6 Å². The van der Waals surface area contributed by atoms with Crippen LogP contribution in [0.15, 0.2) is 34.2 Å². The highest BCUT2D eigenvalue weighted by Gasteiger charge is 2.57. The first-order valence-corrected chi connectivity index (χ1v) is 9.81. The molecule has 0 saturated carbocycles. The Balaban J connectivity index is 2.52. The Bertz CT molecular complexity index is 1090. The normalized spacial score (nSPS) is 13.9. The summed E-state index contributed by atoms with van der Waals surface area (Å²) in [6.07, 6.45) is -9.86. The summed E-state index contributed by atoms with van der Waals surface area (Å²) in [4.78, 5) is 19.4. The molecule has 0 aliphatic rings. The first kappa shape index (κ1) is 23.6. The van der Waals surface area contributed by atoms with Gasteiger partial charge in [0.2, 0.25) is 5.88 Å². The Labute approximate surface area is 166 Å². The van der Waals surface area contributed by atoms with E-state index in [0.717, 1.165) is 6.07 Å². The molecule has 0 amide bonds. The summed E-state index contributed by atoms with van der Waals surface area (Å²) in [5.74, 6) is -5.30. The van der Waals surface area contributed by atoms with E-state index in [1.807, 2.05) is 0 Å². The van der Waals surface area contributed by atoms with E-state index >= 15 is 0 Å². The summed E-state index contributed by atoms with van der Waals surface area (Å²) in [6.45, 7) is -0.573.